The van der Waals surface area contributed by atoms with Crippen LogP contribution in [0.25, 0.3) is 10.4 Å². The Kier molecular flexibility index (Phi) is 5.72. The molecular weight excluding hydrogens is 262 g/mol. The van der Waals surface area contributed by atoms with Crippen LogP contribution < -0.4 is 5.19 Å². The van der Waals surface area contributed by atoms with Crippen LogP contribution in [-0.4, -0.2) is 27.7 Å². The van der Waals surface area contributed by atoms with E-state index in [1.54, 1.807) is 18.2 Å². The van der Waals surface area contributed by atoms with E-state index in [1.165, 1.54) is 0 Å². The van der Waals surface area contributed by atoms with Crippen molar-refractivity contribution in [2.45, 2.75) is 20.4 Å². The maximum Gasteiger partial charge on any atom is 0.369 e. The molecule has 0 atom stereocenters. The zero-order chi connectivity index (χ0) is 14.3. The van der Waals surface area contributed by atoms with Crippen LogP contribution in [-0.2, 0) is 8.85 Å². The Morgan fingerprint density at radius 2 is 2.00 bits per heavy atom. The first-order valence-corrected chi connectivity index (χ1v) is 8.37. The molecule has 0 aliphatic carbocycles. The van der Waals surface area contributed by atoms with Crippen molar-refractivity contribution in [3.05, 3.63) is 40.3 Å². The SMILES string of the molecule is CCO[Si](C)(OCC)c1cccc(C(=O)N=[N+]=[N-])c1. The van der Waals surface area contributed by atoms with Gasteiger partial charge in [-0.15, -0.1) is 0 Å². The number of hydrogen-bond acceptors (Lipinski definition) is 3. The Labute approximate surface area is 113 Å². The fourth-order valence-electron chi connectivity index (χ4n) is 1.79. The Balaban J connectivity index is 3.14. The highest BCUT2D eigenvalue weighted by Crippen LogP contribution is 2.10. The van der Waals surface area contributed by atoms with Crippen LogP contribution in [0, 0.1) is 0 Å². The first kappa shape index (κ1) is 15.4. The minimum atomic E-state index is -2.51. The van der Waals surface area contributed by atoms with Gasteiger partial charge in [-0.1, -0.05) is 18.2 Å². The molecule has 1 aromatic carbocycles. The molecule has 6 nitrogen and oxygen atoms in total. The van der Waals surface area contributed by atoms with E-state index in [2.05, 4.69) is 10.0 Å². The smallest absolute Gasteiger partial charge is 0.369 e. The Morgan fingerprint density at radius 3 is 2.53 bits per heavy atom. The molecule has 0 bridgehead atoms. The number of amides is 1. The van der Waals surface area contributed by atoms with E-state index >= 15 is 0 Å². The van der Waals surface area contributed by atoms with E-state index in [4.69, 9.17) is 14.4 Å². The lowest BCUT2D eigenvalue weighted by molar-refractivity contribution is 0.100. The quantitative estimate of drug-likeness (QED) is 0.347. The third kappa shape index (κ3) is 3.90. The van der Waals surface area contributed by atoms with E-state index in [-0.39, 0.29) is 0 Å². The van der Waals surface area contributed by atoms with Crippen LogP contribution >= 0.6 is 0 Å². The van der Waals surface area contributed by atoms with Gasteiger partial charge in [0.2, 0.25) is 5.91 Å². The highest BCUT2D eigenvalue weighted by Gasteiger charge is 2.33. The lowest BCUT2D eigenvalue weighted by atomic mass is 10.2. The van der Waals surface area contributed by atoms with Crippen molar-refractivity contribution >= 4 is 19.7 Å². The van der Waals surface area contributed by atoms with Crippen molar-refractivity contribution in [1.82, 2.24) is 0 Å². The van der Waals surface area contributed by atoms with Gasteiger partial charge in [0.1, 0.15) is 0 Å². The summed E-state index contributed by atoms with van der Waals surface area (Å²) in [6, 6.07) is 6.88. The minimum Gasteiger partial charge on any atom is -0.391 e. The molecule has 1 amide bonds. The summed E-state index contributed by atoms with van der Waals surface area (Å²) < 4.78 is 11.5. The van der Waals surface area contributed by atoms with Crippen LogP contribution in [0.5, 0.6) is 0 Å². The molecule has 0 saturated heterocycles. The number of rotatable bonds is 6. The van der Waals surface area contributed by atoms with E-state index in [0.29, 0.717) is 18.8 Å². The number of nitrogens with zero attached hydrogens (tertiary/aromatic N) is 3. The molecule has 7 heteroatoms. The van der Waals surface area contributed by atoms with Gasteiger partial charge in [0.25, 0.3) is 0 Å². The summed E-state index contributed by atoms with van der Waals surface area (Å²) in [7, 11) is -2.51. The van der Waals surface area contributed by atoms with Gasteiger partial charge >= 0.3 is 8.56 Å². The zero-order valence-electron chi connectivity index (χ0n) is 11.3. The summed E-state index contributed by atoms with van der Waals surface area (Å²) in [6.07, 6.45) is 0. The zero-order valence-corrected chi connectivity index (χ0v) is 12.3. The first-order valence-electron chi connectivity index (χ1n) is 6.05. The van der Waals surface area contributed by atoms with Gasteiger partial charge in [0, 0.05) is 23.7 Å². The molecule has 0 aliphatic heterocycles. The summed E-state index contributed by atoms with van der Waals surface area (Å²) in [5, 5.41) is 3.93. The van der Waals surface area contributed by atoms with Crippen molar-refractivity contribution in [2.75, 3.05) is 13.2 Å². The Bertz CT molecular complexity index is 495. The third-order valence-electron chi connectivity index (χ3n) is 2.61. The van der Waals surface area contributed by atoms with Crippen LogP contribution in [0.3, 0.4) is 0 Å². The number of carbonyl (C=O) groups is 1. The normalized spacial score (nSPS) is 10.9. The molecule has 0 fully saturated rings. The second-order valence-electron chi connectivity index (χ2n) is 3.89. The fourth-order valence-corrected chi connectivity index (χ4v) is 4.13. The number of benzene rings is 1. The highest BCUT2D eigenvalue weighted by atomic mass is 28.4. The van der Waals surface area contributed by atoms with E-state index in [0.717, 1.165) is 5.19 Å². The monoisotopic (exact) mass is 279 g/mol. The largest absolute Gasteiger partial charge is 0.391 e. The van der Waals surface area contributed by atoms with Gasteiger partial charge in [-0.05, 0) is 42.3 Å². The number of carbonyl (C=O) groups excluding carboxylic acids is 1. The second-order valence-corrected chi connectivity index (χ2v) is 6.93. The molecule has 19 heavy (non-hydrogen) atoms. The van der Waals surface area contributed by atoms with Crippen molar-refractivity contribution in [3.8, 4) is 0 Å². The number of azide groups is 1. The molecule has 0 aromatic heterocycles. The second kappa shape index (κ2) is 7.06. The molecular formula is C12H17N3O3Si. The lowest BCUT2D eigenvalue weighted by Crippen LogP contribution is -2.51. The lowest BCUT2D eigenvalue weighted by Gasteiger charge is -2.26. The third-order valence-corrected chi connectivity index (χ3v) is 5.65. The van der Waals surface area contributed by atoms with Gasteiger partial charge in [-0.2, -0.15) is 0 Å². The maximum atomic E-state index is 11.6. The highest BCUT2D eigenvalue weighted by molar-refractivity contribution is 6.80. The molecule has 0 unspecified atom stereocenters. The average molecular weight is 279 g/mol. The van der Waals surface area contributed by atoms with Gasteiger partial charge < -0.3 is 8.85 Å². The van der Waals surface area contributed by atoms with Crippen LogP contribution in [0.4, 0.5) is 0 Å². The van der Waals surface area contributed by atoms with Crippen LogP contribution in [0.1, 0.15) is 24.2 Å². The van der Waals surface area contributed by atoms with Crippen molar-refractivity contribution in [3.63, 3.8) is 0 Å². The maximum absolute atomic E-state index is 11.6. The molecule has 0 aliphatic rings. The molecule has 1 rings (SSSR count). The van der Waals surface area contributed by atoms with Gasteiger partial charge in [0.15, 0.2) is 0 Å². The molecule has 102 valence electrons. The Morgan fingerprint density at radius 1 is 1.37 bits per heavy atom. The molecule has 0 heterocycles. The topological polar surface area (TPSA) is 84.3 Å². The van der Waals surface area contributed by atoms with E-state index in [1.807, 2.05) is 26.5 Å². The van der Waals surface area contributed by atoms with Crippen LogP contribution in [0.15, 0.2) is 29.4 Å². The molecule has 0 radical (unpaired) electrons. The molecule has 0 saturated carbocycles. The van der Waals surface area contributed by atoms with Gasteiger partial charge in [0.05, 0.1) is 0 Å². The van der Waals surface area contributed by atoms with Gasteiger partial charge in [-0.3, -0.25) is 4.79 Å². The summed E-state index contributed by atoms with van der Waals surface area (Å²) in [5.41, 5.74) is 8.63. The molecule has 0 spiro atoms. The van der Waals surface area contributed by atoms with Crippen LogP contribution in [0.2, 0.25) is 6.55 Å². The summed E-state index contributed by atoms with van der Waals surface area (Å²) >= 11 is 0. The van der Waals surface area contributed by atoms with Crippen molar-refractivity contribution in [1.29, 1.82) is 0 Å². The summed E-state index contributed by atoms with van der Waals surface area (Å²) in [6.45, 7) is 6.81. The molecule has 1 aromatic rings. The van der Waals surface area contributed by atoms with Crippen molar-refractivity contribution in [2.24, 2.45) is 5.11 Å². The first-order chi connectivity index (χ1) is 9.07. The summed E-state index contributed by atoms with van der Waals surface area (Å²) in [4.78, 5) is 14.1. The predicted octanol–water partition coefficient (Wildman–Crippen LogP) is 2.49. The Hall–Kier alpha value is -1.66. The average Bonchev–Trinajstić information content (AvgIpc) is 2.40. The van der Waals surface area contributed by atoms with Gasteiger partial charge in [-0.25, -0.2) is 0 Å². The van der Waals surface area contributed by atoms with Crippen molar-refractivity contribution < 1.29 is 13.6 Å². The van der Waals surface area contributed by atoms with E-state index < -0.39 is 14.5 Å². The predicted molar refractivity (Wildman–Crippen MR) is 74.4 cm³/mol. The minimum absolute atomic E-state index is 0.341. The molecule has 0 N–H and O–H groups in total. The fraction of sp³-hybridized carbons (Fsp3) is 0.417. The van der Waals surface area contributed by atoms with E-state index in [9.17, 15) is 4.79 Å². The number of hydrogen-bond donors (Lipinski definition) is 0. The summed E-state index contributed by atoms with van der Waals surface area (Å²) in [5.74, 6) is -0.603. The standard InChI is InChI=1S/C12H17N3O3Si/c1-4-17-19(3,18-5-2)11-8-6-7-10(9-11)12(16)14-15-13/h6-9H,4-5H2,1-3H3.